The molecule has 0 saturated heterocycles. The lowest BCUT2D eigenvalue weighted by atomic mass is 9.43. The first-order chi connectivity index (χ1) is 14.0. The molecule has 0 spiro atoms. The highest BCUT2D eigenvalue weighted by molar-refractivity contribution is 5.13. The minimum Gasteiger partial charge on any atom is -0.393 e. The molecule has 4 saturated carbocycles. The Bertz CT molecular complexity index is 618. The maximum absolute atomic E-state index is 11.6. The predicted molar refractivity (Wildman–Crippen MR) is 131 cm³/mol. The highest BCUT2D eigenvalue weighted by atomic mass is 16.3. The second-order valence-corrected chi connectivity index (χ2v) is 13.1. The van der Waals surface area contributed by atoms with Crippen LogP contribution in [0.5, 0.6) is 0 Å². The summed E-state index contributed by atoms with van der Waals surface area (Å²) in [7, 11) is 0. The zero-order valence-corrected chi connectivity index (χ0v) is 20.4. The van der Waals surface area contributed by atoms with Crippen LogP contribution in [0.1, 0.15) is 113 Å². The van der Waals surface area contributed by atoms with Crippen LogP contribution < -0.4 is 5.73 Å². The van der Waals surface area contributed by atoms with Gasteiger partial charge in [-0.05, 0) is 111 Å². The van der Waals surface area contributed by atoms with Gasteiger partial charge >= 0.3 is 0 Å². The van der Waals surface area contributed by atoms with Crippen molar-refractivity contribution in [2.24, 2.45) is 52.1 Å². The number of hydrogen-bond donors (Lipinski definition) is 3. The van der Waals surface area contributed by atoms with Gasteiger partial charge in [-0.25, -0.2) is 0 Å². The van der Waals surface area contributed by atoms with Crippen LogP contribution in [0.25, 0.3) is 0 Å². The van der Waals surface area contributed by atoms with E-state index in [2.05, 4.69) is 34.6 Å². The Kier molecular flexibility index (Phi) is 7.33. The van der Waals surface area contributed by atoms with E-state index in [0.29, 0.717) is 29.6 Å². The summed E-state index contributed by atoms with van der Waals surface area (Å²) >= 11 is 0. The Labute approximate surface area is 193 Å². The summed E-state index contributed by atoms with van der Waals surface area (Å²) in [4.78, 5) is 0. The van der Waals surface area contributed by atoms with Crippen molar-refractivity contribution in [3.8, 4) is 0 Å². The van der Waals surface area contributed by atoms with Crippen LogP contribution in [0.3, 0.4) is 0 Å². The number of hydrogen-bond acceptors (Lipinski definition) is 3. The molecule has 0 bridgehead atoms. The van der Waals surface area contributed by atoms with Crippen LogP contribution in [0.15, 0.2) is 0 Å². The lowest BCUT2D eigenvalue weighted by Crippen LogP contribution is -2.59. The summed E-state index contributed by atoms with van der Waals surface area (Å²) < 4.78 is 0. The second-order valence-electron chi connectivity index (χ2n) is 13.1. The van der Waals surface area contributed by atoms with Gasteiger partial charge in [0.15, 0.2) is 0 Å². The van der Waals surface area contributed by atoms with Gasteiger partial charge < -0.3 is 15.9 Å². The molecular formula is C28H53NO2. The molecule has 0 heterocycles. The number of nitrogens with two attached hydrogens (primary N) is 1. The van der Waals surface area contributed by atoms with E-state index in [1.165, 1.54) is 38.5 Å². The Morgan fingerprint density at radius 3 is 2.29 bits per heavy atom. The molecule has 0 aromatic carbocycles. The quantitative estimate of drug-likeness (QED) is 0.484. The van der Waals surface area contributed by atoms with Gasteiger partial charge in [0.25, 0.3) is 0 Å². The standard InChI is InChI=1S/C27H49NO2.CH4/c1-17(2)7-6-12-27(5,30)24-9-8-20-19-16-23(29)22-15-18(28)10-13-25(22,3)21(19)11-14-26(20,24)4;/h17-24,29-30H,6-16,28H2,1-5H3;1H4/t18?,19?,20?,21-,22?,23?,24?,25?,26?,27-;/m0./s1. The summed E-state index contributed by atoms with van der Waals surface area (Å²) in [5.74, 6) is 3.55. The lowest BCUT2D eigenvalue weighted by molar-refractivity contribution is -0.170. The van der Waals surface area contributed by atoms with E-state index in [-0.39, 0.29) is 30.4 Å². The molecule has 182 valence electrons. The van der Waals surface area contributed by atoms with Crippen molar-refractivity contribution in [2.75, 3.05) is 0 Å². The molecule has 0 aromatic heterocycles. The first kappa shape index (κ1) is 25.5. The molecule has 4 N–H and O–H groups in total. The fourth-order valence-electron chi connectivity index (χ4n) is 9.39. The van der Waals surface area contributed by atoms with Gasteiger partial charge in [0.05, 0.1) is 11.7 Å². The van der Waals surface area contributed by atoms with E-state index in [1.807, 2.05) is 0 Å². The highest BCUT2D eigenvalue weighted by Crippen LogP contribution is 2.68. The lowest BCUT2D eigenvalue weighted by Gasteiger charge is -2.62. The van der Waals surface area contributed by atoms with Gasteiger partial charge in [0, 0.05) is 6.04 Å². The van der Waals surface area contributed by atoms with Crippen molar-refractivity contribution in [1.29, 1.82) is 0 Å². The molecule has 10 atom stereocenters. The summed E-state index contributed by atoms with van der Waals surface area (Å²) in [5.41, 5.74) is 6.26. The van der Waals surface area contributed by atoms with Gasteiger partial charge in [-0.1, -0.05) is 48.0 Å². The van der Waals surface area contributed by atoms with Crippen LogP contribution in [-0.4, -0.2) is 28.0 Å². The van der Waals surface area contributed by atoms with E-state index >= 15 is 0 Å². The minimum absolute atomic E-state index is 0. The van der Waals surface area contributed by atoms with E-state index in [1.54, 1.807) is 0 Å². The van der Waals surface area contributed by atoms with Crippen molar-refractivity contribution in [2.45, 2.75) is 130 Å². The van der Waals surface area contributed by atoms with Gasteiger partial charge in [-0.15, -0.1) is 0 Å². The van der Waals surface area contributed by atoms with Crippen LogP contribution in [-0.2, 0) is 0 Å². The van der Waals surface area contributed by atoms with Crippen molar-refractivity contribution in [3.63, 3.8) is 0 Å². The average Bonchev–Trinajstić information content (AvgIpc) is 3.01. The van der Waals surface area contributed by atoms with Crippen LogP contribution in [0.2, 0.25) is 0 Å². The van der Waals surface area contributed by atoms with Gasteiger partial charge in [0.1, 0.15) is 0 Å². The number of aliphatic hydroxyl groups is 2. The molecule has 3 heteroatoms. The third kappa shape index (κ3) is 4.26. The maximum atomic E-state index is 11.6. The number of aliphatic hydroxyl groups excluding tert-OH is 1. The van der Waals surface area contributed by atoms with Crippen molar-refractivity contribution >= 4 is 0 Å². The van der Waals surface area contributed by atoms with Crippen LogP contribution in [0, 0.1) is 46.3 Å². The van der Waals surface area contributed by atoms with Crippen LogP contribution >= 0.6 is 0 Å². The predicted octanol–water partition coefficient (Wildman–Crippen LogP) is 6.16. The second kappa shape index (κ2) is 8.91. The molecule has 4 rings (SSSR count). The van der Waals surface area contributed by atoms with Crippen molar-refractivity contribution < 1.29 is 10.2 Å². The average molecular weight is 436 g/mol. The SMILES string of the molecule is C.CC(C)CCC[C@](C)(O)C1CCC2C3CC(O)C4CC(N)CCC4(C)[C@H]3CCC21C. The van der Waals surface area contributed by atoms with E-state index in [4.69, 9.17) is 5.73 Å². The Morgan fingerprint density at radius 1 is 0.968 bits per heavy atom. The van der Waals surface area contributed by atoms with Gasteiger partial charge in [-0.2, -0.15) is 0 Å². The Balaban J connectivity index is 0.00000272. The third-order valence-electron chi connectivity index (χ3n) is 10.9. The normalized spacial score (nSPS) is 48.9. The monoisotopic (exact) mass is 435 g/mol. The fraction of sp³-hybridized carbons (Fsp3) is 1.00. The van der Waals surface area contributed by atoms with Crippen molar-refractivity contribution in [1.82, 2.24) is 0 Å². The largest absolute Gasteiger partial charge is 0.393 e. The molecule has 4 aliphatic carbocycles. The first-order valence-electron chi connectivity index (χ1n) is 13.1. The summed E-state index contributed by atoms with van der Waals surface area (Å²) in [6, 6.07) is 0.278. The minimum atomic E-state index is -0.553. The topological polar surface area (TPSA) is 66.5 Å². The number of fused-ring (bicyclic) bond motifs is 5. The van der Waals surface area contributed by atoms with E-state index in [0.717, 1.165) is 38.0 Å². The molecular weight excluding hydrogens is 382 g/mol. The smallest absolute Gasteiger partial charge is 0.0653 e. The molecule has 4 fully saturated rings. The van der Waals surface area contributed by atoms with Crippen molar-refractivity contribution in [3.05, 3.63) is 0 Å². The molecule has 8 unspecified atom stereocenters. The third-order valence-corrected chi connectivity index (χ3v) is 10.9. The molecule has 0 amide bonds. The first-order valence-corrected chi connectivity index (χ1v) is 13.1. The molecule has 0 aliphatic heterocycles. The zero-order valence-electron chi connectivity index (χ0n) is 20.4. The highest BCUT2D eigenvalue weighted by Gasteiger charge is 2.63. The molecule has 4 aliphatic rings. The fourth-order valence-corrected chi connectivity index (χ4v) is 9.39. The molecule has 3 nitrogen and oxygen atoms in total. The summed E-state index contributed by atoms with van der Waals surface area (Å²) in [6.07, 6.45) is 12.3. The summed E-state index contributed by atoms with van der Waals surface area (Å²) in [5, 5.41) is 22.8. The van der Waals surface area contributed by atoms with E-state index in [9.17, 15) is 10.2 Å². The van der Waals surface area contributed by atoms with E-state index < -0.39 is 5.60 Å². The number of rotatable bonds is 5. The summed E-state index contributed by atoms with van der Waals surface area (Å²) in [6.45, 7) is 11.7. The van der Waals surface area contributed by atoms with Gasteiger partial charge in [0.2, 0.25) is 0 Å². The Hall–Kier alpha value is -0.120. The zero-order chi connectivity index (χ0) is 21.9. The molecule has 0 aromatic rings. The molecule has 31 heavy (non-hydrogen) atoms. The molecule has 0 radical (unpaired) electrons. The Morgan fingerprint density at radius 2 is 1.61 bits per heavy atom. The van der Waals surface area contributed by atoms with Crippen LogP contribution in [0.4, 0.5) is 0 Å². The maximum Gasteiger partial charge on any atom is 0.0653 e. The van der Waals surface area contributed by atoms with Gasteiger partial charge in [-0.3, -0.25) is 0 Å².